The SMILES string of the molecule is O=C(NCC=Cc1cccc(F)c1[N+](=O)[O-])OCc1ccccc1. The van der Waals surface area contributed by atoms with Crippen molar-refractivity contribution in [3.05, 3.63) is 81.7 Å². The predicted molar refractivity (Wildman–Crippen MR) is 86.7 cm³/mol. The lowest BCUT2D eigenvalue weighted by Gasteiger charge is -2.05. The summed E-state index contributed by atoms with van der Waals surface area (Å²) in [4.78, 5) is 21.6. The smallest absolute Gasteiger partial charge is 0.407 e. The van der Waals surface area contributed by atoms with Gasteiger partial charge in [-0.15, -0.1) is 0 Å². The number of carbonyl (C=O) groups is 1. The number of hydrogen-bond acceptors (Lipinski definition) is 4. The number of nitrogens with zero attached hydrogens (tertiary/aromatic N) is 1. The Labute approximate surface area is 137 Å². The van der Waals surface area contributed by atoms with Crippen LogP contribution >= 0.6 is 0 Å². The van der Waals surface area contributed by atoms with Gasteiger partial charge in [0.2, 0.25) is 5.82 Å². The van der Waals surface area contributed by atoms with E-state index < -0.39 is 22.5 Å². The third-order valence-corrected chi connectivity index (χ3v) is 3.07. The van der Waals surface area contributed by atoms with Gasteiger partial charge in [-0.3, -0.25) is 10.1 Å². The van der Waals surface area contributed by atoms with Gasteiger partial charge in [0.1, 0.15) is 6.61 Å². The maximum absolute atomic E-state index is 13.4. The number of nitrogens with one attached hydrogen (secondary N) is 1. The van der Waals surface area contributed by atoms with Crippen LogP contribution in [0.15, 0.2) is 54.6 Å². The molecule has 0 heterocycles. The molecule has 124 valence electrons. The Morgan fingerprint density at radius 2 is 1.96 bits per heavy atom. The van der Waals surface area contributed by atoms with Gasteiger partial charge in [-0.05, 0) is 17.7 Å². The molecule has 2 rings (SSSR count). The van der Waals surface area contributed by atoms with Gasteiger partial charge in [-0.25, -0.2) is 4.79 Å². The van der Waals surface area contributed by atoms with Crippen molar-refractivity contribution in [2.45, 2.75) is 6.61 Å². The molecule has 2 aromatic rings. The molecular formula is C17H15FN2O4. The molecule has 2 aromatic carbocycles. The first-order valence-corrected chi connectivity index (χ1v) is 7.12. The summed E-state index contributed by atoms with van der Waals surface area (Å²) in [6, 6.07) is 13.0. The summed E-state index contributed by atoms with van der Waals surface area (Å²) in [6.07, 6.45) is 2.24. The van der Waals surface area contributed by atoms with Gasteiger partial charge in [0.05, 0.1) is 10.5 Å². The lowest BCUT2D eigenvalue weighted by atomic mass is 10.1. The third kappa shape index (κ3) is 4.91. The van der Waals surface area contributed by atoms with E-state index in [9.17, 15) is 19.3 Å². The van der Waals surface area contributed by atoms with Crippen LogP contribution in [-0.2, 0) is 11.3 Å². The van der Waals surface area contributed by atoms with Crippen molar-refractivity contribution in [1.82, 2.24) is 5.32 Å². The van der Waals surface area contributed by atoms with Crippen molar-refractivity contribution >= 4 is 17.9 Å². The number of nitro groups is 1. The van der Waals surface area contributed by atoms with Gasteiger partial charge in [0, 0.05) is 6.54 Å². The molecule has 0 radical (unpaired) electrons. The normalized spacial score (nSPS) is 10.5. The van der Waals surface area contributed by atoms with E-state index in [1.54, 1.807) is 0 Å². The number of ether oxygens (including phenoxy) is 1. The molecule has 0 saturated heterocycles. The first-order valence-electron chi connectivity index (χ1n) is 7.12. The highest BCUT2D eigenvalue weighted by molar-refractivity contribution is 5.68. The Morgan fingerprint density at radius 3 is 2.67 bits per heavy atom. The molecule has 0 aromatic heterocycles. The molecule has 0 atom stereocenters. The highest BCUT2D eigenvalue weighted by Gasteiger charge is 2.17. The molecule has 0 aliphatic carbocycles. The maximum Gasteiger partial charge on any atom is 0.407 e. The van der Waals surface area contributed by atoms with Crippen molar-refractivity contribution in [3.63, 3.8) is 0 Å². The molecule has 6 nitrogen and oxygen atoms in total. The lowest BCUT2D eigenvalue weighted by Crippen LogP contribution is -2.24. The zero-order valence-electron chi connectivity index (χ0n) is 12.6. The fraction of sp³-hybridized carbons (Fsp3) is 0.118. The van der Waals surface area contributed by atoms with E-state index >= 15 is 0 Å². The molecule has 1 N–H and O–H groups in total. The molecule has 7 heteroatoms. The Hall–Kier alpha value is -3.22. The Kier molecular flexibility index (Phi) is 6.01. The molecule has 1 amide bonds. The first kappa shape index (κ1) is 17.1. The topological polar surface area (TPSA) is 81.5 Å². The highest BCUT2D eigenvalue weighted by Crippen LogP contribution is 2.23. The molecule has 0 bridgehead atoms. The molecule has 24 heavy (non-hydrogen) atoms. The number of hydrogen-bond donors (Lipinski definition) is 1. The van der Waals surface area contributed by atoms with E-state index in [1.807, 2.05) is 30.3 Å². The number of alkyl carbamates (subject to hydrolysis) is 1. The molecular weight excluding hydrogens is 315 g/mol. The standard InChI is InChI=1S/C17H15FN2O4/c18-15-10-4-8-14(16(15)20(22)23)9-5-11-19-17(21)24-12-13-6-2-1-3-7-13/h1-10H,11-12H2,(H,19,21). The fourth-order valence-electron chi connectivity index (χ4n) is 1.96. The number of halogens is 1. The van der Waals surface area contributed by atoms with E-state index in [1.165, 1.54) is 24.3 Å². The predicted octanol–water partition coefficient (Wildman–Crippen LogP) is 3.67. The zero-order chi connectivity index (χ0) is 17.4. The zero-order valence-corrected chi connectivity index (χ0v) is 12.6. The number of benzene rings is 2. The summed E-state index contributed by atoms with van der Waals surface area (Å²) in [5.74, 6) is -0.905. The van der Waals surface area contributed by atoms with Gasteiger partial charge in [-0.1, -0.05) is 48.6 Å². The highest BCUT2D eigenvalue weighted by atomic mass is 19.1. The summed E-state index contributed by atoms with van der Waals surface area (Å²) in [5, 5.41) is 13.3. The van der Waals surface area contributed by atoms with E-state index in [-0.39, 0.29) is 18.7 Å². The van der Waals surface area contributed by atoms with Crippen LogP contribution in [-0.4, -0.2) is 17.6 Å². The lowest BCUT2D eigenvalue weighted by molar-refractivity contribution is -0.387. The first-order chi connectivity index (χ1) is 11.6. The van der Waals surface area contributed by atoms with Crippen molar-refractivity contribution < 1.29 is 18.8 Å². The largest absolute Gasteiger partial charge is 0.445 e. The fourth-order valence-corrected chi connectivity index (χ4v) is 1.96. The van der Waals surface area contributed by atoms with Crippen LogP contribution in [0.1, 0.15) is 11.1 Å². The van der Waals surface area contributed by atoms with Gasteiger partial charge >= 0.3 is 11.8 Å². The molecule has 0 aliphatic heterocycles. The van der Waals surface area contributed by atoms with Crippen LogP contribution in [0.25, 0.3) is 6.08 Å². The van der Waals surface area contributed by atoms with Gasteiger partial charge in [0.25, 0.3) is 0 Å². The monoisotopic (exact) mass is 330 g/mol. The van der Waals surface area contributed by atoms with Crippen molar-refractivity contribution in [2.75, 3.05) is 6.54 Å². The summed E-state index contributed by atoms with van der Waals surface area (Å²) < 4.78 is 18.4. The Morgan fingerprint density at radius 1 is 1.21 bits per heavy atom. The number of carbonyl (C=O) groups excluding carboxylic acids is 1. The maximum atomic E-state index is 13.4. The average molecular weight is 330 g/mol. The molecule has 0 fully saturated rings. The van der Waals surface area contributed by atoms with Gasteiger partial charge in [0.15, 0.2) is 0 Å². The number of rotatable bonds is 6. The van der Waals surface area contributed by atoms with E-state index in [2.05, 4.69) is 5.32 Å². The molecule has 0 aliphatic rings. The van der Waals surface area contributed by atoms with Crippen molar-refractivity contribution in [3.8, 4) is 0 Å². The Bertz CT molecular complexity index is 748. The van der Waals surface area contributed by atoms with Gasteiger partial charge in [-0.2, -0.15) is 4.39 Å². The van der Waals surface area contributed by atoms with E-state index in [0.717, 1.165) is 11.6 Å². The second-order valence-electron chi connectivity index (χ2n) is 4.78. The average Bonchev–Trinajstić information content (AvgIpc) is 2.57. The van der Waals surface area contributed by atoms with Crippen LogP contribution in [0.4, 0.5) is 14.9 Å². The molecule has 0 spiro atoms. The minimum absolute atomic E-state index is 0.0985. The summed E-state index contributed by atoms with van der Waals surface area (Å²) >= 11 is 0. The quantitative estimate of drug-likeness (QED) is 0.647. The minimum Gasteiger partial charge on any atom is -0.445 e. The minimum atomic E-state index is -0.905. The van der Waals surface area contributed by atoms with Crippen LogP contribution in [0.2, 0.25) is 0 Å². The summed E-state index contributed by atoms with van der Waals surface area (Å²) in [5.41, 5.74) is 0.387. The number of nitro benzene ring substituents is 1. The molecule has 0 saturated carbocycles. The second-order valence-corrected chi connectivity index (χ2v) is 4.78. The summed E-state index contributed by atoms with van der Waals surface area (Å²) in [6.45, 7) is 0.243. The number of amides is 1. The van der Waals surface area contributed by atoms with E-state index in [4.69, 9.17) is 4.74 Å². The van der Waals surface area contributed by atoms with Crippen molar-refractivity contribution in [2.24, 2.45) is 0 Å². The van der Waals surface area contributed by atoms with Crippen LogP contribution in [0.5, 0.6) is 0 Å². The van der Waals surface area contributed by atoms with E-state index in [0.29, 0.717) is 0 Å². The number of para-hydroxylation sites is 1. The van der Waals surface area contributed by atoms with Crippen LogP contribution < -0.4 is 5.32 Å². The van der Waals surface area contributed by atoms with Gasteiger partial charge < -0.3 is 10.1 Å². The van der Waals surface area contributed by atoms with Crippen molar-refractivity contribution in [1.29, 1.82) is 0 Å². The van der Waals surface area contributed by atoms with Crippen LogP contribution in [0, 0.1) is 15.9 Å². The second kappa shape index (κ2) is 8.42. The third-order valence-electron chi connectivity index (χ3n) is 3.07. The van der Waals surface area contributed by atoms with Crippen LogP contribution in [0.3, 0.4) is 0 Å². The Balaban J connectivity index is 1.83. The summed E-state index contributed by atoms with van der Waals surface area (Å²) in [7, 11) is 0. The molecule has 0 unspecified atom stereocenters.